The van der Waals surface area contributed by atoms with Gasteiger partial charge in [-0.1, -0.05) is 18.2 Å². The lowest BCUT2D eigenvalue weighted by Crippen LogP contribution is -2.24. The van der Waals surface area contributed by atoms with Crippen LogP contribution in [0.4, 0.5) is 0 Å². The first-order valence-electron chi connectivity index (χ1n) is 7.68. The van der Waals surface area contributed by atoms with Gasteiger partial charge in [0.2, 0.25) is 0 Å². The Kier molecular flexibility index (Phi) is 5.21. The molecule has 0 atom stereocenters. The fourth-order valence-electron chi connectivity index (χ4n) is 2.36. The van der Waals surface area contributed by atoms with Gasteiger partial charge >= 0.3 is 0 Å². The van der Waals surface area contributed by atoms with E-state index in [1.54, 1.807) is 17.5 Å². The van der Waals surface area contributed by atoms with Gasteiger partial charge in [-0.2, -0.15) is 5.10 Å². The van der Waals surface area contributed by atoms with Crippen molar-refractivity contribution < 1.29 is 4.79 Å². The lowest BCUT2D eigenvalue weighted by Gasteiger charge is -2.06. The SMILES string of the molecule is O=C(NCCCc1cccs1)c1ccc(Cn2cccn2)cc1. The van der Waals surface area contributed by atoms with E-state index in [4.69, 9.17) is 0 Å². The first-order valence-corrected chi connectivity index (χ1v) is 8.56. The van der Waals surface area contributed by atoms with Crippen LogP contribution in [0.15, 0.2) is 60.2 Å². The highest BCUT2D eigenvalue weighted by Crippen LogP contribution is 2.10. The Hall–Kier alpha value is -2.40. The molecular formula is C18H19N3OS. The van der Waals surface area contributed by atoms with Gasteiger partial charge in [-0.3, -0.25) is 9.48 Å². The smallest absolute Gasteiger partial charge is 0.251 e. The van der Waals surface area contributed by atoms with Crippen molar-refractivity contribution in [3.8, 4) is 0 Å². The van der Waals surface area contributed by atoms with E-state index in [2.05, 4.69) is 27.9 Å². The van der Waals surface area contributed by atoms with Gasteiger partial charge in [0.1, 0.15) is 0 Å². The Labute approximate surface area is 139 Å². The molecule has 118 valence electrons. The molecular weight excluding hydrogens is 306 g/mol. The highest BCUT2D eigenvalue weighted by atomic mass is 32.1. The number of nitrogens with one attached hydrogen (secondary N) is 1. The molecule has 0 aliphatic carbocycles. The van der Waals surface area contributed by atoms with Crippen LogP contribution in [0, 0.1) is 0 Å². The summed E-state index contributed by atoms with van der Waals surface area (Å²) >= 11 is 1.76. The second-order valence-corrected chi connectivity index (χ2v) is 6.37. The van der Waals surface area contributed by atoms with Crippen LogP contribution in [0.5, 0.6) is 0 Å². The molecule has 0 unspecified atom stereocenters. The molecule has 3 aromatic rings. The van der Waals surface area contributed by atoms with E-state index in [1.807, 2.05) is 41.2 Å². The molecule has 1 N–H and O–H groups in total. The number of hydrogen-bond acceptors (Lipinski definition) is 3. The third-order valence-corrected chi connectivity index (χ3v) is 4.52. The highest BCUT2D eigenvalue weighted by molar-refractivity contribution is 7.09. The van der Waals surface area contributed by atoms with Crippen LogP contribution in [-0.2, 0) is 13.0 Å². The van der Waals surface area contributed by atoms with E-state index in [0.717, 1.165) is 24.9 Å². The number of hydrogen-bond donors (Lipinski definition) is 1. The van der Waals surface area contributed by atoms with Crippen LogP contribution in [0.25, 0.3) is 0 Å². The number of aryl methyl sites for hydroxylation is 1. The summed E-state index contributed by atoms with van der Waals surface area (Å²) in [6.45, 7) is 1.42. The Balaban J connectivity index is 1.45. The van der Waals surface area contributed by atoms with Crippen molar-refractivity contribution in [2.75, 3.05) is 6.54 Å². The van der Waals surface area contributed by atoms with Gasteiger partial charge in [0.05, 0.1) is 6.54 Å². The van der Waals surface area contributed by atoms with Crippen molar-refractivity contribution in [2.24, 2.45) is 0 Å². The lowest BCUT2D eigenvalue weighted by molar-refractivity contribution is 0.0953. The molecule has 0 saturated carbocycles. The summed E-state index contributed by atoms with van der Waals surface area (Å²) in [6.07, 6.45) is 5.66. The van der Waals surface area contributed by atoms with Crippen LogP contribution in [-0.4, -0.2) is 22.2 Å². The average Bonchev–Trinajstić information content (AvgIpc) is 3.26. The molecule has 0 aliphatic rings. The second kappa shape index (κ2) is 7.74. The molecule has 1 aromatic carbocycles. The van der Waals surface area contributed by atoms with Crippen LogP contribution in [0.1, 0.15) is 27.2 Å². The molecule has 2 heterocycles. The minimum absolute atomic E-state index is 0.0122. The molecule has 0 radical (unpaired) electrons. The molecule has 0 bridgehead atoms. The summed E-state index contributed by atoms with van der Waals surface area (Å²) in [5.74, 6) is -0.0122. The molecule has 0 aliphatic heterocycles. The summed E-state index contributed by atoms with van der Waals surface area (Å²) in [6, 6.07) is 13.8. The van der Waals surface area contributed by atoms with Gasteiger partial charge < -0.3 is 5.32 Å². The van der Waals surface area contributed by atoms with E-state index in [1.165, 1.54) is 4.88 Å². The number of nitrogens with zero attached hydrogens (tertiary/aromatic N) is 2. The van der Waals surface area contributed by atoms with Gasteiger partial charge in [-0.05, 0) is 48.1 Å². The summed E-state index contributed by atoms with van der Waals surface area (Å²) < 4.78 is 1.86. The Morgan fingerprint density at radius 2 is 2.04 bits per heavy atom. The number of thiophene rings is 1. The third kappa shape index (κ3) is 4.53. The summed E-state index contributed by atoms with van der Waals surface area (Å²) in [4.78, 5) is 13.5. The Morgan fingerprint density at radius 3 is 2.74 bits per heavy atom. The average molecular weight is 325 g/mol. The van der Waals surface area contributed by atoms with E-state index in [-0.39, 0.29) is 5.91 Å². The van der Waals surface area contributed by atoms with E-state index in [9.17, 15) is 4.79 Å². The van der Waals surface area contributed by atoms with Crippen molar-refractivity contribution in [3.63, 3.8) is 0 Å². The van der Waals surface area contributed by atoms with Gasteiger partial charge in [-0.15, -0.1) is 11.3 Å². The molecule has 5 heteroatoms. The molecule has 0 saturated heterocycles. The largest absolute Gasteiger partial charge is 0.352 e. The molecule has 0 fully saturated rings. The van der Waals surface area contributed by atoms with Crippen molar-refractivity contribution in [3.05, 3.63) is 76.2 Å². The second-order valence-electron chi connectivity index (χ2n) is 5.34. The van der Waals surface area contributed by atoms with E-state index >= 15 is 0 Å². The number of amides is 1. The molecule has 23 heavy (non-hydrogen) atoms. The standard InChI is InChI=1S/C18H19N3OS/c22-18(19-10-1-4-17-5-2-13-23-17)16-8-6-15(7-9-16)14-21-12-3-11-20-21/h2-3,5-9,11-13H,1,4,10,14H2,(H,19,22). The number of rotatable bonds is 7. The summed E-state index contributed by atoms with van der Waals surface area (Å²) in [7, 11) is 0. The van der Waals surface area contributed by atoms with Gasteiger partial charge in [0.15, 0.2) is 0 Å². The molecule has 3 rings (SSSR count). The maximum atomic E-state index is 12.1. The van der Waals surface area contributed by atoms with Crippen LogP contribution in [0.3, 0.4) is 0 Å². The number of carbonyl (C=O) groups excluding carboxylic acids is 1. The van der Waals surface area contributed by atoms with Crippen molar-refractivity contribution in [1.82, 2.24) is 15.1 Å². The van der Waals surface area contributed by atoms with Crippen LogP contribution >= 0.6 is 11.3 Å². The fraction of sp³-hybridized carbons (Fsp3) is 0.222. The quantitative estimate of drug-likeness (QED) is 0.677. The van der Waals surface area contributed by atoms with Crippen molar-refractivity contribution in [2.45, 2.75) is 19.4 Å². The summed E-state index contributed by atoms with van der Waals surface area (Å²) in [5, 5.41) is 9.23. The maximum Gasteiger partial charge on any atom is 0.251 e. The lowest BCUT2D eigenvalue weighted by atomic mass is 10.1. The van der Waals surface area contributed by atoms with E-state index < -0.39 is 0 Å². The predicted octanol–water partition coefficient (Wildman–Crippen LogP) is 3.36. The number of aromatic nitrogens is 2. The van der Waals surface area contributed by atoms with E-state index in [0.29, 0.717) is 12.1 Å². The van der Waals surface area contributed by atoms with Crippen LogP contribution in [0.2, 0.25) is 0 Å². The van der Waals surface area contributed by atoms with Crippen LogP contribution < -0.4 is 5.32 Å². The number of carbonyl (C=O) groups is 1. The minimum atomic E-state index is -0.0122. The monoisotopic (exact) mass is 325 g/mol. The van der Waals surface area contributed by atoms with Gasteiger partial charge in [-0.25, -0.2) is 0 Å². The first-order chi connectivity index (χ1) is 11.3. The molecule has 4 nitrogen and oxygen atoms in total. The normalized spacial score (nSPS) is 10.6. The highest BCUT2D eigenvalue weighted by Gasteiger charge is 2.05. The van der Waals surface area contributed by atoms with Crippen molar-refractivity contribution >= 4 is 17.2 Å². The van der Waals surface area contributed by atoms with Crippen molar-refractivity contribution in [1.29, 1.82) is 0 Å². The minimum Gasteiger partial charge on any atom is -0.352 e. The Bertz CT molecular complexity index is 718. The maximum absolute atomic E-state index is 12.1. The molecule has 1 amide bonds. The topological polar surface area (TPSA) is 46.9 Å². The first kappa shape index (κ1) is 15.5. The zero-order chi connectivity index (χ0) is 15.9. The summed E-state index contributed by atoms with van der Waals surface area (Å²) in [5.41, 5.74) is 1.83. The fourth-order valence-corrected chi connectivity index (χ4v) is 3.12. The number of benzene rings is 1. The predicted molar refractivity (Wildman–Crippen MR) is 92.7 cm³/mol. The zero-order valence-electron chi connectivity index (χ0n) is 12.8. The molecule has 2 aromatic heterocycles. The zero-order valence-corrected chi connectivity index (χ0v) is 13.6. The Morgan fingerprint density at radius 1 is 1.17 bits per heavy atom. The molecule has 0 spiro atoms. The van der Waals surface area contributed by atoms with Gasteiger partial charge in [0, 0.05) is 29.4 Å². The third-order valence-electron chi connectivity index (χ3n) is 3.59. The van der Waals surface area contributed by atoms with Gasteiger partial charge in [0.25, 0.3) is 5.91 Å².